The molecule has 0 spiro atoms. The fourth-order valence-electron chi connectivity index (χ4n) is 2.40. The Morgan fingerprint density at radius 1 is 1.25 bits per heavy atom. The van der Waals surface area contributed by atoms with Gasteiger partial charge in [0.2, 0.25) is 0 Å². The van der Waals surface area contributed by atoms with Gasteiger partial charge < -0.3 is 19.2 Å². The number of nitrogens with one attached hydrogen (secondary N) is 1. The minimum Gasteiger partial charge on any atom is -0.459 e. The van der Waals surface area contributed by atoms with Gasteiger partial charge in [-0.1, -0.05) is 0 Å². The van der Waals surface area contributed by atoms with E-state index in [9.17, 15) is 4.79 Å². The third kappa shape index (κ3) is 2.70. The largest absolute Gasteiger partial charge is 0.459 e. The summed E-state index contributed by atoms with van der Waals surface area (Å²) >= 11 is 1.52. The van der Waals surface area contributed by atoms with E-state index in [0.717, 1.165) is 11.3 Å². The molecule has 24 heavy (non-hydrogen) atoms. The summed E-state index contributed by atoms with van der Waals surface area (Å²) in [5.74, 6) is 0.907. The van der Waals surface area contributed by atoms with Crippen molar-refractivity contribution >= 4 is 28.6 Å². The van der Waals surface area contributed by atoms with Crippen molar-refractivity contribution in [2.75, 3.05) is 5.32 Å². The maximum absolute atomic E-state index is 12.3. The molecule has 0 aliphatic heterocycles. The average Bonchev–Trinajstić information content (AvgIpc) is 3.33. The van der Waals surface area contributed by atoms with E-state index in [1.807, 2.05) is 35.2 Å². The Bertz CT molecular complexity index is 1000. The number of hydrogen-bond donors (Lipinski definition) is 2. The number of nitrogens with zero attached hydrogens (tertiary/aromatic N) is 2. The second kappa shape index (κ2) is 5.95. The first-order chi connectivity index (χ1) is 11.7. The summed E-state index contributed by atoms with van der Waals surface area (Å²) < 4.78 is 7.31. The molecule has 0 aliphatic rings. The monoisotopic (exact) mass is 339 g/mol. The topological polar surface area (TPSA) is 79.8 Å². The first-order valence-electron chi connectivity index (χ1n) is 7.25. The highest BCUT2D eigenvalue weighted by Gasteiger charge is 2.12. The van der Waals surface area contributed by atoms with Crippen LogP contribution < -0.4 is 5.32 Å². The first kappa shape index (κ1) is 14.7. The van der Waals surface area contributed by atoms with Crippen LogP contribution >= 0.6 is 11.3 Å². The Labute approximate surface area is 141 Å². The van der Waals surface area contributed by atoms with E-state index in [2.05, 4.69) is 10.3 Å². The number of aromatic nitrogens is 2. The number of carbonyl (C=O) groups excluding carboxylic acids is 1. The molecule has 0 unspecified atom stereocenters. The van der Waals surface area contributed by atoms with Crippen molar-refractivity contribution in [2.45, 2.75) is 6.61 Å². The molecule has 4 aromatic heterocycles. The number of anilines is 1. The third-order valence-electron chi connectivity index (χ3n) is 3.56. The van der Waals surface area contributed by atoms with Gasteiger partial charge in [0.1, 0.15) is 29.5 Å². The SMILES string of the molecule is O=C(Nc1ccsc1)c1cn2cc(-c3ccc(CO)o3)ccc2n1. The zero-order valence-electron chi connectivity index (χ0n) is 12.5. The quantitative estimate of drug-likeness (QED) is 0.597. The molecule has 4 rings (SSSR count). The third-order valence-corrected chi connectivity index (χ3v) is 4.25. The second-order valence-electron chi connectivity index (χ2n) is 5.20. The zero-order valence-corrected chi connectivity index (χ0v) is 13.3. The highest BCUT2D eigenvalue weighted by molar-refractivity contribution is 7.08. The molecular weight excluding hydrogens is 326 g/mol. The summed E-state index contributed by atoms with van der Waals surface area (Å²) in [6.07, 6.45) is 3.51. The van der Waals surface area contributed by atoms with Crippen LogP contribution in [0.2, 0.25) is 0 Å². The minimum atomic E-state index is -0.251. The van der Waals surface area contributed by atoms with Gasteiger partial charge in [-0.2, -0.15) is 11.3 Å². The highest BCUT2D eigenvalue weighted by atomic mass is 32.1. The van der Waals surface area contributed by atoms with E-state index in [4.69, 9.17) is 9.52 Å². The number of aliphatic hydroxyl groups excluding tert-OH is 1. The molecule has 0 saturated carbocycles. The van der Waals surface area contributed by atoms with Crippen LogP contribution in [0, 0.1) is 0 Å². The lowest BCUT2D eigenvalue weighted by molar-refractivity contribution is 0.102. The number of amides is 1. The first-order valence-corrected chi connectivity index (χ1v) is 8.19. The predicted molar refractivity (Wildman–Crippen MR) is 91.1 cm³/mol. The van der Waals surface area contributed by atoms with Crippen molar-refractivity contribution in [3.05, 3.63) is 64.9 Å². The van der Waals surface area contributed by atoms with E-state index in [1.54, 1.807) is 22.7 Å². The Morgan fingerprint density at radius 3 is 2.92 bits per heavy atom. The van der Waals surface area contributed by atoms with Crippen LogP contribution in [-0.2, 0) is 6.61 Å². The van der Waals surface area contributed by atoms with Gasteiger partial charge in [0.25, 0.3) is 5.91 Å². The normalized spacial score (nSPS) is 11.0. The highest BCUT2D eigenvalue weighted by Crippen LogP contribution is 2.23. The lowest BCUT2D eigenvalue weighted by Crippen LogP contribution is -2.11. The van der Waals surface area contributed by atoms with Gasteiger partial charge >= 0.3 is 0 Å². The number of rotatable bonds is 4. The summed E-state index contributed by atoms with van der Waals surface area (Å²) in [6, 6.07) is 9.05. The number of carbonyl (C=O) groups is 1. The predicted octanol–water partition coefficient (Wildman–Crippen LogP) is 3.40. The van der Waals surface area contributed by atoms with Gasteiger partial charge in [0.05, 0.1) is 5.69 Å². The number of imidazole rings is 1. The Hall–Kier alpha value is -2.90. The van der Waals surface area contributed by atoms with Gasteiger partial charge in [-0.3, -0.25) is 4.79 Å². The molecule has 0 bridgehead atoms. The lowest BCUT2D eigenvalue weighted by atomic mass is 10.2. The molecule has 0 fully saturated rings. The van der Waals surface area contributed by atoms with Crippen LogP contribution in [0.4, 0.5) is 5.69 Å². The molecule has 4 aromatic rings. The van der Waals surface area contributed by atoms with Gasteiger partial charge in [0, 0.05) is 23.3 Å². The lowest BCUT2D eigenvalue weighted by Gasteiger charge is -1.98. The summed E-state index contributed by atoms with van der Waals surface area (Å²) in [7, 11) is 0. The summed E-state index contributed by atoms with van der Waals surface area (Å²) in [5.41, 5.74) is 2.61. The molecular formula is C17H13N3O3S. The number of thiophene rings is 1. The fraction of sp³-hybridized carbons (Fsp3) is 0.0588. The fourth-order valence-corrected chi connectivity index (χ4v) is 2.98. The summed E-state index contributed by atoms with van der Waals surface area (Å²) in [4.78, 5) is 16.6. The van der Waals surface area contributed by atoms with Gasteiger partial charge in [-0.15, -0.1) is 0 Å². The summed E-state index contributed by atoms with van der Waals surface area (Å²) in [6.45, 7) is -0.139. The smallest absolute Gasteiger partial charge is 0.275 e. The second-order valence-corrected chi connectivity index (χ2v) is 5.98. The van der Waals surface area contributed by atoms with E-state index >= 15 is 0 Å². The van der Waals surface area contributed by atoms with E-state index < -0.39 is 0 Å². The van der Waals surface area contributed by atoms with Crippen LogP contribution in [0.25, 0.3) is 17.0 Å². The van der Waals surface area contributed by atoms with Crippen LogP contribution in [0.1, 0.15) is 16.2 Å². The maximum atomic E-state index is 12.3. The van der Waals surface area contributed by atoms with Crippen molar-refractivity contribution in [3.8, 4) is 11.3 Å². The van der Waals surface area contributed by atoms with Gasteiger partial charge in [-0.05, 0) is 35.7 Å². The average molecular weight is 339 g/mol. The van der Waals surface area contributed by atoms with Gasteiger partial charge in [0.15, 0.2) is 0 Å². The van der Waals surface area contributed by atoms with Crippen LogP contribution in [-0.4, -0.2) is 20.4 Å². The number of pyridine rings is 1. The number of fused-ring (bicyclic) bond motifs is 1. The standard InChI is InChI=1S/C17H13N3O3S/c21-9-13-2-3-15(23-13)11-1-4-16-19-14(8-20(16)7-11)17(22)18-12-5-6-24-10-12/h1-8,10,21H,9H2,(H,18,22). The van der Waals surface area contributed by atoms with Crippen molar-refractivity contribution in [3.63, 3.8) is 0 Å². The molecule has 2 N–H and O–H groups in total. The molecule has 0 atom stereocenters. The molecule has 4 heterocycles. The van der Waals surface area contributed by atoms with Crippen LogP contribution in [0.15, 0.2) is 57.9 Å². The van der Waals surface area contributed by atoms with Crippen molar-refractivity contribution in [1.29, 1.82) is 0 Å². The molecule has 0 radical (unpaired) electrons. The Kier molecular flexibility index (Phi) is 3.64. The van der Waals surface area contributed by atoms with E-state index in [1.165, 1.54) is 11.3 Å². The van der Waals surface area contributed by atoms with Crippen molar-refractivity contribution < 1.29 is 14.3 Å². The molecule has 6 nitrogen and oxygen atoms in total. The van der Waals surface area contributed by atoms with E-state index in [0.29, 0.717) is 22.9 Å². The zero-order chi connectivity index (χ0) is 16.5. The number of furan rings is 1. The van der Waals surface area contributed by atoms with Gasteiger partial charge in [-0.25, -0.2) is 4.98 Å². The molecule has 0 aromatic carbocycles. The number of hydrogen-bond acceptors (Lipinski definition) is 5. The van der Waals surface area contributed by atoms with Crippen LogP contribution in [0.5, 0.6) is 0 Å². The molecule has 120 valence electrons. The van der Waals surface area contributed by atoms with E-state index in [-0.39, 0.29) is 12.5 Å². The Morgan fingerprint density at radius 2 is 2.17 bits per heavy atom. The maximum Gasteiger partial charge on any atom is 0.275 e. The molecule has 0 saturated heterocycles. The summed E-state index contributed by atoms with van der Waals surface area (Å²) in [5, 5.41) is 15.7. The molecule has 7 heteroatoms. The minimum absolute atomic E-state index is 0.139. The number of aliphatic hydroxyl groups is 1. The van der Waals surface area contributed by atoms with Crippen molar-refractivity contribution in [1.82, 2.24) is 9.38 Å². The Balaban J connectivity index is 1.64. The van der Waals surface area contributed by atoms with Crippen LogP contribution in [0.3, 0.4) is 0 Å². The van der Waals surface area contributed by atoms with Crippen molar-refractivity contribution in [2.24, 2.45) is 0 Å². The molecule has 1 amide bonds. The molecule has 0 aliphatic carbocycles.